The lowest BCUT2D eigenvalue weighted by atomic mass is 9.94. The molecule has 1 N–H and O–H groups in total. The van der Waals surface area contributed by atoms with Crippen LogP contribution in [-0.2, 0) is 16.1 Å². The molecule has 3 aromatic rings. The van der Waals surface area contributed by atoms with Gasteiger partial charge in [-0.05, 0) is 62.2 Å². The summed E-state index contributed by atoms with van der Waals surface area (Å²) >= 11 is 0. The first-order valence-electron chi connectivity index (χ1n) is 10.9. The zero-order valence-corrected chi connectivity index (χ0v) is 18.9. The molecule has 1 aliphatic rings. The molecule has 1 aromatic heterocycles. The summed E-state index contributed by atoms with van der Waals surface area (Å²) in [5.74, 6) is -0.854. The Hall–Kier alpha value is -3.93. The molecule has 0 bridgehead atoms. The molecule has 2 aromatic carbocycles. The molecule has 0 saturated carbocycles. The molecule has 1 aliphatic heterocycles. The highest BCUT2D eigenvalue weighted by Crippen LogP contribution is 2.40. The number of ether oxygens (including phenoxy) is 1. The second-order valence-electron chi connectivity index (χ2n) is 8.08. The summed E-state index contributed by atoms with van der Waals surface area (Å²) in [6.07, 6.45) is 1.65. The van der Waals surface area contributed by atoms with Crippen molar-refractivity contribution in [3.05, 3.63) is 100 Å². The molecular weight excluding hydrogens is 416 g/mol. The average molecular weight is 443 g/mol. The molecule has 1 fully saturated rings. The first kappa shape index (κ1) is 22.3. The van der Waals surface area contributed by atoms with Crippen LogP contribution in [0.3, 0.4) is 0 Å². The van der Waals surface area contributed by atoms with Crippen LogP contribution in [0.5, 0.6) is 5.75 Å². The monoisotopic (exact) mass is 442 g/mol. The van der Waals surface area contributed by atoms with Crippen molar-refractivity contribution < 1.29 is 19.4 Å². The highest BCUT2D eigenvalue weighted by Gasteiger charge is 2.46. The molecule has 1 atom stereocenters. The summed E-state index contributed by atoms with van der Waals surface area (Å²) in [6.45, 7) is 6.41. The Balaban J connectivity index is 1.85. The standard InChI is InChI=1S/C27H26N2O4/c1-4-33-22-12-11-20(15-18(22)3)25(30)23-24(19-9-7-8-17(2)14-19)29(27(32)26(23)31)16-21-10-5-6-13-28-21/h5-15,24,30H,4,16H2,1-3H3/b25-23-. The topological polar surface area (TPSA) is 79.7 Å². The maximum absolute atomic E-state index is 13.2. The number of aliphatic hydroxyl groups excluding tert-OH is 1. The molecule has 33 heavy (non-hydrogen) atoms. The molecule has 168 valence electrons. The van der Waals surface area contributed by atoms with E-state index in [9.17, 15) is 14.7 Å². The van der Waals surface area contributed by atoms with Crippen LogP contribution in [0.4, 0.5) is 0 Å². The van der Waals surface area contributed by atoms with Crippen molar-refractivity contribution in [3.8, 4) is 5.75 Å². The fourth-order valence-electron chi connectivity index (χ4n) is 4.17. The van der Waals surface area contributed by atoms with Gasteiger partial charge < -0.3 is 14.7 Å². The van der Waals surface area contributed by atoms with Gasteiger partial charge >= 0.3 is 0 Å². The minimum Gasteiger partial charge on any atom is -0.507 e. The van der Waals surface area contributed by atoms with Gasteiger partial charge in [0, 0.05) is 11.8 Å². The van der Waals surface area contributed by atoms with Gasteiger partial charge in [-0.2, -0.15) is 0 Å². The Morgan fingerprint density at radius 2 is 1.88 bits per heavy atom. The molecule has 1 unspecified atom stereocenters. The Bertz CT molecular complexity index is 1230. The summed E-state index contributed by atoms with van der Waals surface area (Å²) < 4.78 is 5.59. The highest BCUT2D eigenvalue weighted by molar-refractivity contribution is 6.46. The first-order chi connectivity index (χ1) is 15.9. The average Bonchev–Trinajstić information content (AvgIpc) is 3.05. The number of rotatable bonds is 6. The molecule has 1 saturated heterocycles. The van der Waals surface area contributed by atoms with E-state index in [4.69, 9.17) is 4.74 Å². The number of Topliss-reactive ketones (excluding diaryl/α,β-unsaturated/α-hetero) is 1. The van der Waals surface area contributed by atoms with Crippen LogP contribution < -0.4 is 4.74 Å². The summed E-state index contributed by atoms with van der Waals surface area (Å²) in [5, 5.41) is 11.3. The minimum absolute atomic E-state index is 0.0742. The lowest BCUT2D eigenvalue weighted by molar-refractivity contribution is -0.140. The third kappa shape index (κ3) is 4.37. The third-order valence-electron chi connectivity index (χ3n) is 5.70. The quantitative estimate of drug-likeness (QED) is 0.339. The van der Waals surface area contributed by atoms with E-state index in [0.717, 1.165) is 16.7 Å². The van der Waals surface area contributed by atoms with Crippen LogP contribution in [-0.4, -0.2) is 33.3 Å². The van der Waals surface area contributed by atoms with Crippen LogP contribution in [0, 0.1) is 13.8 Å². The van der Waals surface area contributed by atoms with Crippen molar-refractivity contribution in [3.63, 3.8) is 0 Å². The molecule has 0 aliphatic carbocycles. The molecule has 1 amide bonds. The molecule has 6 heteroatoms. The van der Waals surface area contributed by atoms with Crippen molar-refractivity contribution in [2.45, 2.75) is 33.4 Å². The number of pyridine rings is 1. The summed E-state index contributed by atoms with van der Waals surface area (Å²) in [5.41, 5.74) is 3.78. The Labute approximate surface area is 193 Å². The van der Waals surface area contributed by atoms with E-state index in [0.29, 0.717) is 23.6 Å². The van der Waals surface area contributed by atoms with Crippen LogP contribution in [0.2, 0.25) is 0 Å². The Morgan fingerprint density at radius 1 is 1.06 bits per heavy atom. The van der Waals surface area contributed by atoms with Crippen molar-refractivity contribution >= 4 is 17.4 Å². The largest absolute Gasteiger partial charge is 0.507 e. The summed E-state index contributed by atoms with van der Waals surface area (Å²) in [7, 11) is 0. The number of aryl methyl sites for hydroxylation is 2. The lowest BCUT2D eigenvalue weighted by Gasteiger charge is -2.25. The smallest absolute Gasteiger partial charge is 0.296 e. The van der Waals surface area contributed by atoms with Crippen molar-refractivity contribution in [2.24, 2.45) is 0 Å². The van der Waals surface area contributed by atoms with Gasteiger partial charge in [-0.25, -0.2) is 0 Å². The number of aliphatic hydroxyl groups is 1. The molecular formula is C27H26N2O4. The molecule has 2 heterocycles. The van der Waals surface area contributed by atoms with Crippen LogP contribution in [0.1, 0.15) is 40.9 Å². The van der Waals surface area contributed by atoms with Gasteiger partial charge in [-0.3, -0.25) is 14.6 Å². The number of carbonyl (C=O) groups is 2. The number of amides is 1. The van der Waals surface area contributed by atoms with Crippen molar-refractivity contribution in [2.75, 3.05) is 6.61 Å². The van der Waals surface area contributed by atoms with Gasteiger partial charge in [0.2, 0.25) is 0 Å². The van der Waals surface area contributed by atoms with Crippen molar-refractivity contribution in [1.29, 1.82) is 0 Å². The summed E-state index contributed by atoms with van der Waals surface area (Å²) in [4.78, 5) is 32.1. The number of nitrogens with zero attached hydrogens (tertiary/aromatic N) is 2. The highest BCUT2D eigenvalue weighted by atomic mass is 16.5. The zero-order chi connectivity index (χ0) is 23.5. The first-order valence-corrected chi connectivity index (χ1v) is 10.9. The number of benzene rings is 2. The van der Waals surface area contributed by atoms with Gasteiger partial charge in [0.05, 0.1) is 30.5 Å². The van der Waals surface area contributed by atoms with E-state index in [-0.39, 0.29) is 17.9 Å². The van der Waals surface area contributed by atoms with Gasteiger partial charge in [0.25, 0.3) is 11.7 Å². The molecule has 0 spiro atoms. The number of hydrogen-bond donors (Lipinski definition) is 1. The SMILES string of the molecule is CCOc1ccc(/C(O)=C2/C(=O)C(=O)N(Cc3ccccn3)C2c2cccc(C)c2)cc1C. The third-order valence-corrected chi connectivity index (χ3v) is 5.70. The predicted molar refractivity (Wildman–Crippen MR) is 126 cm³/mol. The number of aromatic nitrogens is 1. The van der Waals surface area contributed by atoms with E-state index in [1.54, 1.807) is 30.5 Å². The number of carbonyl (C=O) groups excluding carboxylic acids is 2. The number of hydrogen-bond acceptors (Lipinski definition) is 5. The van der Waals surface area contributed by atoms with Gasteiger partial charge in [-0.15, -0.1) is 0 Å². The van der Waals surface area contributed by atoms with E-state index < -0.39 is 17.7 Å². The predicted octanol–water partition coefficient (Wildman–Crippen LogP) is 4.72. The van der Waals surface area contributed by atoms with E-state index in [1.165, 1.54) is 4.90 Å². The molecule has 0 radical (unpaired) electrons. The normalized spacial score (nSPS) is 17.4. The second-order valence-corrected chi connectivity index (χ2v) is 8.08. The number of ketones is 1. The van der Waals surface area contributed by atoms with Crippen LogP contribution >= 0.6 is 0 Å². The van der Waals surface area contributed by atoms with Gasteiger partial charge in [0.1, 0.15) is 11.5 Å². The second kappa shape index (κ2) is 9.28. The van der Waals surface area contributed by atoms with E-state index >= 15 is 0 Å². The summed E-state index contributed by atoms with van der Waals surface area (Å²) in [6, 6.07) is 17.6. The van der Waals surface area contributed by atoms with Crippen molar-refractivity contribution in [1.82, 2.24) is 9.88 Å². The fraction of sp³-hybridized carbons (Fsp3) is 0.222. The Morgan fingerprint density at radius 3 is 2.55 bits per heavy atom. The maximum atomic E-state index is 13.2. The Kier molecular flexibility index (Phi) is 6.27. The lowest BCUT2D eigenvalue weighted by Crippen LogP contribution is -2.29. The van der Waals surface area contributed by atoms with Crippen LogP contribution in [0.15, 0.2) is 72.4 Å². The zero-order valence-electron chi connectivity index (χ0n) is 18.9. The molecule has 4 rings (SSSR count). The van der Waals surface area contributed by atoms with Crippen LogP contribution in [0.25, 0.3) is 5.76 Å². The van der Waals surface area contributed by atoms with Gasteiger partial charge in [-0.1, -0.05) is 35.9 Å². The van der Waals surface area contributed by atoms with E-state index in [2.05, 4.69) is 4.98 Å². The molecule has 6 nitrogen and oxygen atoms in total. The fourth-order valence-corrected chi connectivity index (χ4v) is 4.17. The van der Waals surface area contributed by atoms with E-state index in [1.807, 2.05) is 57.2 Å². The maximum Gasteiger partial charge on any atom is 0.296 e. The van der Waals surface area contributed by atoms with Gasteiger partial charge in [0.15, 0.2) is 0 Å². The minimum atomic E-state index is -0.723. The number of likely N-dealkylation sites (tertiary alicyclic amines) is 1.